The van der Waals surface area contributed by atoms with Crippen molar-refractivity contribution in [2.24, 2.45) is 5.92 Å². The van der Waals surface area contributed by atoms with Crippen LogP contribution >= 0.6 is 0 Å². The van der Waals surface area contributed by atoms with Crippen LogP contribution in [0.4, 0.5) is 4.79 Å². The van der Waals surface area contributed by atoms with E-state index in [-0.39, 0.29) is 12.2 Å². The number of carbonyl (C=O) groups is 1. The van der Waals surface area contributed by atoms with Gasteiger partial charge in [0.25, 0.3) is 0 Å². The minimum absolute atomic E-state index is 0.0579. The second-order valence-electron chi connectivity index (χ2n) is 7.88. The number of nitrogens with zero attached hydrogens (tertiary/aromatic N) is 2. The quantitative estimate of drug-likeness (QED) is 0.838. The van der Waals surface area contributed by atoms with E-state index in [0.717, 1.165) is 32.2 Å². The fraction of sp³-hybridized carbons (Fsp3) is 0.947. The van der Waals surface area contributed by atoms with E-state index in [1.807, 2.05) is 34.6 Å². The van der Waals surface area contributed by atoms with E-state index in [0.29, 0.717) is 6.54 Å². The van der Waals surface area contributed by atoms with Crippen molar-refractivity contribution >= 4 is 6.09 Å². The molecule has 2 aliphatic rings. The second kappa shape index (κ2) is 11.0. The fourth-order valence-electron chi connectivity index (χ4n) is 3.19. The van der Waals surface area contributed by atoms with Gasteiger partial charge in [-0.25, -0.2) is 4.79 Å². The van der Waals surface area contributed by atoms with Gasteiger partial charge in [0.1, 0.15) is 5.60 Å². The van der Waals surface area contributed by atoms with Gasteiger partial charge < -0.3 is 19.7 Å². The van der Waals surface area contributed by atoms with E-state index in [1.54, 1.807) is 0 Å². The Bertz CT molecular complexity index is 377. The van der Waals surface area contributed by atoms with E-state index in [1.165, 1.54) is 25.9 Å². The van der Waals surface area contributed by atoms with Crippen LogP contribution in [0.5, 0.6) is 0 Å². The Morgan fingerprint density at radius 2 is 1.84 bits per heavy atom. The van der Waals surface area contributed by atoms with Crippen molar-refractivity contribution in [2.45, 2.75) is 59.2 Å². The Hall–Kier alpha value is -0.850. The summed E-state index contributed by atoms with van der Waals surface area (Å²) in [6.45, 7) is 16.3. The van der Waals surface area contributed by atoms with Crippen LogP contribution in [0.1, 0.15) is 47.5 Å². The number of rotatable bonds is 4. The Morgan fingerprint density at radius 3 is 2.44 bits per heavy atom. The van der Waals surface area contributed by atoms with Crippen LogP contribution < -0.4 is 5.32 Å². The molecule has 2 rings (SSSR count). The van der Waals surface area contributed by atoms with Gasteiger partial charge in [-0.15, -0.1) is 0 Å². The van der Waals surface area contributed by atoms with E-state index < -0.39 is 5.60 Å². The lowest BCUT2D eigenvalue weighted by Crippen LogP contribution is -2.49. The third-order valence-corrected chi connectivity index (χ3v) is 4.45. The lowest BCUT2D eigenvalue weighted by atomic mass is 9.96. The number of piperidine rings is 1. The Balaban J connectivity index is 0.00000151. The maximum absolute atomic E-state index is 11.7. The Morgan fingerprint density at radius 1 is 1.20 bits per heavy atom. The average molecular weight is 358 g/mol. The van der Waals surface area contributed by atoms with Crippen LogP contribution in [0.3, 0.4) is 0 Å². The highest BCUT2D eigenvalue weighted by Crippen LogP contribution is 2.18. The number of morpholine rings is 1. The lowest BCUT2D eigenvalue weighted by molar-refractivity contribution is -0.0351. The van der Waals surface area contributed by atoms with Gasteiger partial charge in [0.2, 0.25) is 0 Å². The Labute approximate surface area is 154 Å². The molecule has 1 N–H and O–H groups in total. The monoisotopic (exact) mass is 357 g/mol. The molecule has 0 bridgehead atoms. The minimum atomic E-state index is -0.461. The summed E-state index contributed by atoms with van der Waals surface area (Å²) in [4.78, 5) is 16.6. The third kappa shape index (κ3) is 9.42. The molecule has 0 saturated carbocycles. The number of ether oxygens (including phenoxy) is 2. The number of nitrogens with one attached hydrogen (secondary N) is 1. The zero-order chi connectivity index (χ0) is 18.9. The molecule has 25 heavy (non-hydrogen) atoms. The predicted molar refractivity (Wildman–Crippen MR) is 102 cm³/mol. The predicted octanol–water partition coefficient (Wildman–Crippen LogP) is 2.58. The molecule has 0 aromatic carbocycles. The van der Waals surface area contributed by atoms with E-state index >= 15 is 0 Å². The third-order valence-electron chi connectivity index (χ3n) is 4.45. The van der Waals surface area contributed by atoms with Crippen LogP contribution in [0.25, 0.3) is 0 Å². The molecule has 0 spiro atoms. The zero-order valence-electron chi connectivity index (χ0n) is 17.1. The molecule has 148 valence electrons. The maximum Gasteiger partial charge on any atom is 0.407 e. The van der Waals surface area contributed by atoms with Crippen molar-refractivity contribution in [3.05, 3.63) is 0 Å². The molecule has 1 unspecified atom stereocenters. The first-order chi connectivity index (χ1) is 11.8. The summed E-state index contributed by atoms with van der Waals surface area (Å²) >= 11 is 0. The summed E-state index contributed by atoms with van der Waals surface area (Å²) in [6, 6.07) is 0. The molecule has 6 heteroatoms. The number of carbonyl (C=O) groups excluding carboxylic acids is 1. The van der Waals surface area contributed by atoms with Crippen LogP contribution in [-0.4, -0.2) is 80.5 Å². The van der Waals surface area contributed by atoms with Crippen LogP contribution in [-0.2, 0) is 9.47 Å². The molecule has 0 aromatic heterocycles. The number of likely N-dealkylation sites (tertiary alicyclic amines) is 1. The highest BCUT2D eigenvalue weighted by Gasteiger charge is 2.25. The molecular weight excluding hydrogens is 318 g/mol. The molecule has 1 amide bonds. The van der Waals surface area contributed by atoms with Crippen LogP contribution in [0.2, 0.25) is 0 Å². The second-order valence-corrected chi connectivity index (χ2v) is 7.88. The van der Waals surface area contributed by atoms with Gasteiger partial charge in [-0.3, -0.25) is 4.90 Å². The average Bonchev–Trinajstić information content (AvgIpc) is 2.56. The van der Waals surface area contributed by atoms with Crippen LogP contribution in [0.15, 0.2) is 0 Å². The first kappa shape index (κ1) is 22.2. The molecule has 2 heterocycles. The molecular formula is C19H39N3O3. The van der Waals surface area contributed by atoms with Crippen molar-refractivity contribution in [2.75, 3.05) is 52.9 Å². The summed E-state index contributed by atoms with van der Waals surface area (Å²) in [7, 11) is 2.20. The normalized spacial score (nSPS) is 23.5. The van der Waals surface area contributed by atoms with Gasteiger partial charge in [-0.1, -0.05) is 13.8 Å². The van der Waals surface area contributed by atoms with Crippen molar-refractivity contribution < 1.29 is 14.3 Å². The van der Waals surface area contributed by atoms with Gasteiger partial charge in [0.05, 0.1) is 12.7 Å². The molecule has 1 atom stereocenters. The number of hydrogen-bond acceptors (Lipinski definition) is 5. The van der Waals surface area contributed by atoms with Gasteiger partial charge >= 0.3 is 6.09 Å². The standard InChI is InChI=1S/C17H33N3O3.C2H6/c1-17(2,3)23-16(21)18-11-15-13-20(9-10-22-15)12-14-5-7-19(4)8-6-14;1-2/h14-15H,5-13H2,1-4H3,(H,18,21);1-2H3. The molecule has 2 aliphatic heterocycles. The number of hydrogen-bond donors (Lipinski definition) is 1. The Kier molecular flexibility index (Phi) is 9.75. The number of amides is 1. The first-order valence-electron chi connectivity index (χ1n) is 9.81. The highest BCUT2D eigenvalue weighted by molar-refractivity contribution is 5.67. The maximum atomic E-state index is 11.7. The summed E-state index contributed by atoms with van der Waals surface area (Å²) in [6.07, 6.45) is 2.26. The van der Waals surface area contributed by atoms with Crippen LogP contribution in [0, 0.1) is 5.92 Å². The minimum Gasteiger partial charge on any atom is -0.444 e. The van der Waals surface area contributed by atoms with Gasteiger partial charge in [0, 0.05) is 26.2 Å². The molecule has 0 aliphatic carbocycles. The molecule has 2 saturated heterocycles. The summed E-state index contributed by atoms with van der Waals surface area (Å²) in [5.74, 6) is 0.795. The molecule has 0 radical (unpaired) electrons. The number of alkyl carbamates (subject to hydrolysis) is 1. The smallest absolute Gasteiger partial charge is 0.407 e. The van der Waals surface area contributed by atoms with E-state index in [4.69, 9.17) is 9.47 Å². The van der Waals surface area contributed by atoms with E-state index in [9.17, 15) is 4.79 Å². The van der Waals surface area contributed by atoms with Gasteiger partial charge in [-0.2, -0.15) is 0 Å². The van der Waals surface area contributed by atoms with Crippen molar-refractivity contribution in [3.8, 4) is 0 Å². The lowest BCUT2D eigenvalue weighted by Gasteiger charge is -2.37. The van der Waals surface area contributed by atoms with Crippen molar-refractivity contribution in [1.82, 2.24) is 15.1 Å². The van der Waals surface area contributed by atoms with E-state index in [2.05, 4.69) is 22.2 Å². The summed E-state index contributed by atoms with van der Waals surface area (Å²) < 4.78 is 11.0. The van der Waals surface area contributed by atoms with Crippen molar-refractivity contribution in [1.29, 1.82) is 0 Å². The molecule has 2 fully saturated rings. The summed E-state index contributed by atoms with van der Waals surface area (Å²) in [5.41, 5.74) is -0.461. The SMILES string of the molecule is CC.CN1CCC(CN2CCOC(CNC(=O)OC(C)(C)C)C2)CC1. The van der Waals surface area contributed by atoms with Gasteiger partial charge in [-0.05, 0) is 59.7 Å². The molecule has 0 aromatic rings. The van der Waals surface area contributed by atoms with Crippen molar-refractivity contribution in [3.63, 3.8) is 0 Å². The first-order valence-corrected chi connectivity index (χ1v) is 9.81. The topological polar surface area (TPSA) is 54.0 Å². The molecule has 6 nitrogen and oxygen atoms in total. The van der Waals surface area contributed by atoms with Gasteiger partial charge in [0.15, 0.2) is 0 Å². The highest BCUT2D eigenvalue weighted by atomic mass is 16.6. The largest absolute Gasteiger partial charge is 0.444 e. The fourth-order valence-corrected chi connectivity index (χ4v) is 3.19. The summed E-state index contributed by atoms with van der Waals surface area (Å²) in [5, 5.41) is 2.82. The zero-order valence-corrected chi connectivity index (χ0v) is 17.1.